The van der Waals surface area contributed by atoms with Crippen molar-refractivity contribution < 1.29 is 14.3 Å². The number of carbonyl (C=O) groups is 2. The molecule has 0 radical (unpaired) electrons. The van der Waals surface area contributed by atoms with Crippen LogP contribution in [0.15, 0.2) is 30.3 Å². The van der Waals surface area contributed by atoms with Crippen LogP contribution in [0.5, 0.6) is 5.75 Å². The van der Waals surface area contributed by atoms with Crippen LogP contribution in [0, 0.1) is 0 Å². The third-order valence-electron chi connectivity index (χ3n) is 6.03. The number of amides is 2. The summed E-state index contributed by atoms with van der Waals surface area (Å²) in [5, 5.41) is 3.27. The maximum absolute atomic E-state index is 12.8. The molecule has 0 bridgehead atoms. The van der Waals surface area contributed by atoms with Crippen molar-refractivity contribution in [1.29, 1.82) is 0 Å². The van der Waals surface area contributed by atoms with Crippen LogP contribution < -0.4 is 25.6 Å². The number of ether oxygens (including phenoxy) is 1. The normalized spacial score (nSPS) is 19.0. The third kappa shape index (κ3) is 3.42. The van der Waals surface area contributed by atoms with Gasteiger partial charge in [0.1, 0.15) is 17.6 Å². The molecule has 2 heterocycles. The Hall–Kier alpha value is -3.29. The molecule has 1 aliphatic heterocycles. The second kappa shape index (κ2) is 7.85. The summed E-state index contributed by atoms with van der Waals surface area (Å²) < 4.78 is 5.41. The summed E-state index contributed by atoms with van der Waals surface area (Å²) in [4.78, 5) is 33.0. The Balaban J connectivity index is 1.71. The number of methoxy groups -OCH3 is 1. The largest absolute Gasteiger partial charge is 0.495 e. The van der Waals surface area contributed by atoms with E-state index in [0.29, 0.717) is 28.9 Å². The van der Waals surface area contributed by atoms with E-state index in [2.05, 4.69) is 10.2 Å². The second-order valence-corrected chi connectivity index (χ2v) is 7.86. The number of fused-ring (bicyclic) bond motifs is 1. The fourth-order valence-electron chi connectivity index (χ4n) is 4.42. The monoisotopic (exact) mass is 409 g/mol. The summed E-state index contributed by atoms with van der Waals surface area (Å²) in [5.41, 5.74) is 7.22. The van der Waals surface area contributed by atoms with Gasteiger partial charge in [0.2, 0.25) is 11.8 Å². The lowest BCUT2D eigenvalue weighted by Crippen LogP contribution is -2.54. The van der Waals surface area contributed by atoms with Gasteiger partial charge in [-0.3, -0.25) is 9.59 Å². The standard InChI is InChI=1S/C22H27N5O3/c1-13-22(29)26(2)17-10-11-19(25-21(17)27(13)15-6-4-5-7-15)24-16-9-8-14(20(23)28)12-18(16)30-3/h8-13,15H,4-7H2,1-3H3,(H2,23,28)(H,24,25)/t13-/m1/s1. The summed E-state index contributed by atoms with van der Waals surface area (Å²) in [6, 6.07) is 8.81. The summed E-state index contributed by atoms with van der Waals surface area (Å²) in [6.45, 7) is 1.95. The molecule has 8 nitrogen and oxygen atoms in total. The van der Waals surface area contributed by atoms with Gasteiger partial charge in [-0.15, -0.1) is 0 Å². The van der Waals surface area contributed by atoms with Crippen molar-refractivity contribution in [1.82, 2.24) is 4.98 Å². The number of anilines is 4. The molecule has 3 N–H and O–H groups in total. The minimum atomic E-state index is -0.513. The molecule has 1 fully saturated rings. The number of primary amides is 1. The van der Waals surface area contributed by atoms with Gasteiger partial charge in [-0.2, -0.15) is 0 Å². The lowest BCUT2D eigenvalue weighted by Gasteiger charge is -2.42. The fraction of sp³-hybridized carbons (Fsp3) is 0.409. The van der Waals surface area contributed by atoms with Crippen molar-refractivity contribution in [3.8, 4) is 5.75 Å². The van der Waals surface area contributed by atoms with E-state index in [1.165, 1.54) is 20.0 Å². The van der Waals surface area contributed by atoms with Crippen molar-refractivity contribution in [2.45, 2.75) is 44.7 Å². The number of pyridine rings is 1. The minimum Gasteiger partial charge on any atom is -0.495 e. The molecule has 8 heteroatoms. The number of nitrogens with one attached hydrogen (secondary N) is 1. The van der Waals surface area contributed by atoms with Gasteiger partial charge < -0.3 is 25.6 Å². The van der Waals surface area contributed by atoms with Crippen LogP contribution >= 0.6 is 0 Å². The Kier molecular flexibility index (Phi) is 5.24. The molecule has 0 spiro atoms. The Morgan fingerprint density at radius 2 is 1.97 bits per heavy atom. The van der Waals surface area contributed by atoms with Crippen LogP contribution in [0.2, 0.25) is 0 Å². The van der Waals surface area contributed by atoms with E-state index >= 15 is 0 Å². The summed E-state index contributed by atoms with van der Waals surface area (Å²) >= 11 is 0. The van der Waals surface area contributed by atoms with Crippen molar-refractivity contribution >= 4 is 34.8 Å². The molecular weight excluding hydrogens is 382 g/mol. The first kappa shape index (κ1) is 20.0. The maximum atomic E-state index is 12.8. The molecule has 2 amide bonds. The Morgan fingerprint density at radius 1 is 1.23 bits per heavy atom. The van der Waals surface area contributed by atoms with Crippen LogP contribution in [-0.4, -0.2) is 43.0 Å². The first-order chi connectivity index (χ1) is 14.4. The molecule has 4 rings (SSSR count). The average molecular weight is 409 g/mol. The highest BCUT2D eigenvalue weighted by Gasteiger charge is 2.39. The maximum Gasteiger partial charge on any atom is 0.249 e. The molecule has 1 aromatic heterocycles. The quantitative estimate of drug-likeness (QED) is 0.787. The summed E-state index contributed by atoms with van der Waals surface area (Å²) in [6.07, 6.45) is 4.49. The van der Waals surface area contributed by atoms with Crippen molar-refractivity contribution in [2.75, 3.05) is 29.3 Å². The molecule has 1 aromatic carbocycles. The SMILES string of the molecule is COc1cc(C(N)=O)ccc1Nc1ccc2c(n1)N(C1CCCC1)[C@H](C)C(=O)N2C. The number of carbonyl (C=O) groups excluding carboxylic acids is 2. The summed E-state index contributed by atoms with van der Waals surface area (Å²) in [7, 11) is 3.33. The zero-order valence-electron chi connectivity index (χ0n) is 17.5. The molecule has 2 aromatic rings. The molecule has 0 unspecified atom stereocenters. The smallest absolute Gasteiger partial charge is 0.249 e. The third-order valence-corrected chi connectivity index (χ3v) is 6.03. The molecule has 1 atom stereocenters. The van der Waals surface area contributed by atoms with Gasteiger partial charge in [-0.1, -0.05) is 12.8 Å². The van der Waals surface area contributed by atoms with E-state index in [4.69, 9.17) is 15.5 Å². The lowest BCUT2D eigenvalue weighted by molar-refractivity contribution is -0.119. The summed E-state index contributed by atoms with van der Waals surface area (Å²) in [5.74, 6) is 1.52. The highest BCUT2D eigenvalue weighted by atomic mass is 16.5. The number of nitrogens with zero attached hydrogens (tertiary/aromatic N) is 3. The minimum absolute atomic E-state index is 0.0839. The van der Waals surface area contributed by atoms with E-state index in [-0.39, 0.29) is 11.9 Å². The van der Waals surface area contributed by atoms with Crippen LogP contribution in [0.3, 0.4) is 0 Å². The van der Waals surface area contributed by atoms with E-state index in [0.717, 1.165) is 24.3 Å². The van der Waals surface area contributed by atoms with Gasteiger partial charge in [0.25, 0.3) is 0 Å². The second-order valence-electron chi connectivity index (χ2n) is 7.86. The fourth-order valence-corrected chi connectivity index (χ4v) is 4.42. The van der Waals surface area contributed by atoms with Crippen LogP contribution in [0.1, 0.15) is 43.0 Å². The van der Waals surface area contributed by atoms with E-state index in [9.17, 15) is 9.59 Å². The van der Waals surface area contributed by atoms with Crippen LogP contribution in [0.4, 0.5) is 23.0 Å². The van der Waals surface area contributed by atoms with Crippen molar-refractivity contribution in [3.63, 3.8) is 0 Å². The molecule has 1 saturated carbocycles. The molecule has 158 valence electrons. The molecule has 2 aliphatic rings. The van der Waals surface area contributed by atoms with Gasteiger partial charge in [-0.25, -0.2) is 4.98 Å². The number of aromatic nitrogens is 1. The Labute approximate surface area is 176 Å². The Morgan fingerprint density at radius 3 is 2.63 bits per heavy atom. The molecule has 1 aliphatic carbocycles. The molecule has 30 heavy (non-hydrogen) atoms. The number of benzene rings is 1. The number of nitrogens with two attached hydrogens (primary N) is 1. The first-order valence-electron chi connectivity index (χ1n) is 10.2. The van der Waals surface area contributed by atoms with Gasteiger partial charge in [0.05, 0.1) is 18.5 Å². The van der Waals surface area contributed by atoms with Gasteiger partial charge in [-0.05, 0) is 50.1 Å². The van der Waals surface area contributed by atoms with E-state index < -0.39 is 5.91 Å². The molecular formula is C22H27N5O3. The Bertz CT molecular complexity index is 987. The van der Waals surface area contributed by atoms with Crippen LogP contribution in [0.25, 0.3) is 0 Å². The van der Waals surface area contributed by atoms with Crippen molar-refractivity contribution in [3.05, 3.63) is 35.9 Å². The first-order valence-corrected chi connectivity index (χ1v) is 10.2. The number of hydrogen-bond acceptors (Lipinski definition) is 6. The van der Waals surface area contributed by atoms with Gasteiger partial charge >= 0.3 is 0 Å². The van der Waals surface area contributed by atoms with Gasteiger partial charge in [0.15, 0.2) is 5.82 Å². The topological polar surface area (TPSA) is 101 Å². The highest BCUT2D eigenvalue weighted by Crippen LogP contribution is 2.40. The lowest BCUT2D eigenvalue weighted by atomic mass is 10.1. The highest BCUT2D eigenvalue weighted by molar-refractivity contribution is 6.04. The number of hydrogen-bond donors (Lipinski definition) is 2. The zero-order valence-corrected chi connectivity index (χ0v) is 17.5. The average Bonchev–Trinajstić information content (AvgIpc) is 3.26. The van der Waals surface area contributed by atoms with Gasteiger partial charge in [0, 0.05) is 18.7 Å². The predicted molar refractivity (Wildman–Crippen MR) is 117 cm³/mol. The van der Waals surface area contributed by atoms with E-state index in [1.54, 1.807) is 30.1 Å². The number of rotatable bonds is 5. The van der Waals surface area contributed by atoms with Crippen molar-refractivity contribution in [2.24, 2.45) is 5.73 Å². The predicted octanol–water partition coefficient (Wildman–Crippen LogP) is 3.05. The molecule has 0 saturated heterocycles. The van der Waals surface area contributed by atoms with Crippen LogP contribution in [-0.2, 0) is 4.79 Å². The number of likely N-dealkylation sites (N-methyl/N-ethyl adjacent to an activating group) is 1. The zero-order chi connectivity index (χ0) is 21.4. The van der Waals surface area contributed by atoms with E-state index in [1.807, 2.05) is 19.1 Å².